The molecule has 188 valence electrons. The van der Waals surface area contributed by atoms with Crippen LogP contribution in [-0.4, -0.2) is 34.3 Å². The van der Waals surface area contributed by atoms with Crippen molar-refractivity contribution in [1.82, 2.24) is 14.8 Å². The van der Waals surface area contributed by atoms with Gasteiger partial charge >= 0.3 is 0 Å². The summed E-state index contributed by atoms with van der Waals surface area (Å²) in [5.74, 6) is 2.88. The van der Waals surface area contributed by atoms with E-state index in [-0.39, 0.29) is 17.2 Å². The van der Waals surface area contributed by atoms with Gasteiger partial charge in [0.1, 0.15) is 6.04 Å². The molecule has 1 aliphatic carbocycles. The Morgan fingerprint density at radius 2 is 1.97 bits per heavy atom. The molecule has 1 unspecified atom stereocenters. The Morgan fingerprint density at radius 1 is 1.17 bits per heavy atom. The molecule has 2 heterocycles. The number of fused-ring (bicyclic) bond motifs is 1. The summed E-state index contributed by atoms with van der Waals surface area (Å²) in [5, 5.41) is 9.01. The number of hydrogen-bond donors (Lipinski definition) is 1. The second-order valence-electron chi connectivity index (χ2n) is 10.1. The zero-order chi connectivity index (χ0) is 25.4. The van der Waals surface area contributed by atoms with Crippen molar-refractivity contribution in [3.63, 3.8) is 0 Å². The van der Waals surface area contributed by atoms with E-state index < -0.39 is 0 Å². The SMILES string of the molecule is CCOc1ccc(C2C3=C(CC(C)(C)CC3=O)Nc3nc(SCc4ccccc4C)nn32)cc1OC. The van der Waals surface area contributed by atoms with Crippen LogP contribution < -0.4 is 14.8 Å². The lowest BCUT2D eigenvalue weighted by atomic mass is 9.73. The van der Waals surface area contributed by atoms with Crippen LogP contribution in [0, 0.1) is 12.3 Å². The minimum Gasteiger partial charge on any atom is -0.493 e. The first-order chi connectivity index (χ1) is 17.3. The van der Waals surface area contributed by atoms with E-state index in [0.29, 0.717) is 35.6 Å². The van der Waals surface area contributed by atoms with Gasteiger partial charge in [0.05, 0.1) is 13.7 Å². The molecule has 2 aromatic carbocycles. The fraction of sp³-hybridized carbons (Fsp3) is 0.393. The number of nitrogens with one attached hydrogen (secondary N) is 1. The number of aryl methyl sites for hydroxylation is 1. The van der Waals surface area contributed by atoms with Gasteiger partial charge in [-0.15, -0.1) is 5.10 Å². The smallest absolute Gasteiger partial charge is 0.227 e. The van der Waals surface area contributed by atoms with Crippen LogP contribution >= 0.6 is 11.8 Å². The third kappa shape index (κ3) is 4.62. The van der Waals surface area contributed by atoms with Crippen LogP contribution in [0.25, 0.3) is 0 Å². The normalized spacial score (nSPS) is 18.4. The van der Waals surface area contributed by atoms with E-state index in [1.54, 1.807) is 18.9 Å². The first kappa shape index (κ1) is 24.4. The van der Waals surface area contributed by atoms with Gasteiger partial charge < -0.3 is 14.8 Å². The van der Waals surface area contributed by atoms with Gasteiger partial charge in [-0.25, -0.2) is 4.68 Å². The molecule has 1 aliphatic heterocycles. The first-order valence-electron chi connectivity index (χ1n) is 12.3. The van der Waals surface area contributed by atoms with Gasteiger partial charge in [-0.2, -0.15) is 4.98 Å². The largest absolute Gasteiger partial charge is 0.493 e. The van der Waals surface area contributed by atoms with E-state index in [0.717, 1.165) is 29.0 Å². The summed E-state index contributed by atoms with van der Waals surface area (Å²) in [6.07, 6.45) is 1.27. The highest BCUT2D eigenvalue weighted by Gasteiger charge is 2.42. The van der Waals surface area contributed by atoms with Crippen molar-refractivity contribution in [2.75, 3.05) is 19.0 Å². The molecule has 0 amide bonds. The van der Waals surface area contributed by atoms with Crippen molar-refractivity contribution in [3.8, 4) is 11.5 Å². The predicted octanol–water partition coefficient (Wildman–Crippen LogP) is 5.94. The molecule has 0 radical (unpaired) electrons. The van der Waals surface area contributed by atoms with E-state index >= 15 is 0 Å². The van der Waals surface area contributed by atoms with E-state index in [4.69, 9.17) is 19.6 Å². The number of carbonyl (C=O) groups excluding carboxylic acids is 1. The molecule has 0 bridgehead atoms. The number of methoxy groups -OCH3 is 1. The van der Waals surface area contributed by atoms with Crippen LogP contribution in [-0.2, 0) is 10.5 Å². The number of Topliss-reactive ketones (excluding diaryl/α,β-unsaturated/α-hetero) is 1. The Labute approximate surface area is 216 Å². The number of rotatable bonds is 7. The van der Waals surface area contributed by atoms with Crippen LogP contribution in [0.1, 0.15) is 56.3 Å². The van der Waals surface area contributed by atoms with Crippen LogP contribution in [0.5, 0.6) is 11.5 Å². The van der Waals surface area contributed by atoms with Gasteiger partial charge in [0.2, 0.25) is 11.1 Å². The van der Waals surface area contributed by atoms with Gasteiger partial charge in [-0.3, -0.25) is 4.79 Å². The van der Waals surface area contributed by atoms with Crippen LogP contribution in [0.3, 0.4) is 0 Å². The molecule has 0 fully saturated rings. The number of nitrogens with zero attached hydrogens (tertiary/aromatic N) is 3. The Kier molecular flexibility index (Phi) is 6.55. The molecule has 2 aliphatic rings. The zero-order valence-electron chi connectivity index (χ0n) is 21.4. The molecule has 36 heavy (non-hydrogen) atoms. The topological polar surface area (TPSA) is 78.3 Å². The summed E-state index contributed by atoms with van der Waals surface area (Å²) in [6.45, 7) is 8.87. The van der Waals surface area contributed by atoms with E-state index in [1.165, 1.54) is 11.1 Å². The fourth-order valence-corrected chi connectivity index (χ4v) is 5.91. The summed E-state index contributed by atoms with van der Waals surface area (Å²) in [7, 11) is 1.63. The van der Waals surface area contributed by atoms with Crippen molar-refractivity contribution in [2.24, 2.45) is 5.41 Å². The quantitative estimate of drug-likeness (QED) is 0.399. The number of anilines is 1. The Hall–Kier alpha value is -3.26. The molecule has 1 aromatic heterocycles. The highest BCUT2D eigenvalue weighted by atomic mass is 32.2. The average molecular weight is 505 g/mol. The van der Waals surface area contributed by atoms with Crippen molar-refractivity contribution >= 4 is 23.5 Å². The predicted molar refractivity (Wildman–Crippen MR) is 142 cm³/mol. The summed E-state index contributed by atoms with van der Waals surface area (Å²) in [4.78, 5) is 18.3. The number of thioether (sulfide) groups is 1. The van der Waals surface area contributed by atoms with Gasteiger partial charge in [0, 0.05) is 23.4 Å². The highest BCUT2D eigenvalue weighted by molar-refractivity contribution is 7.98. The summed E-state index contributed by atoms with van der Waals surface area (Å²) < 4.78 is 13.2. The standard InChI is InChI=1S/C28H32N4O3S/c1-6-35-22-12-11-18(13-23(22)34-5)25-24-20(14-28(3,4)15-21(24)33)29-26-30-27(31-32(25)26)36-16-19-10-8-7-9-17(19)2/h7-13,25H,6,14-16H2,1-5H3,(H,29,30,31). The number of allylic oxidation sites excluding steroid dienone is 2. The van der Waals surface area contributed by atoms with E-state index in [9.17, 15) is 4.79 Å². The maximum Gasteiger partial charge on any atom is 0.227 e. The third-order valence-electron chi connectivity index (χ3n) is 6.73. The molecule has 0 saturated heterocycles. The molecule has 1 atom stereocenters. The Bertz CT molecular complexity index is 1340. The zero-order valence-corrected chi connectivity index (χ0v) is 22.2. The van der Waals surface area contributed by atoms with Crippen molar-refractivity contribution in [3.05, 3.63) is 70.4 Å². The molecule has 0 spiro atoms. The molecular formula is C28H32N4O3S. The molecule has 5 rings (SSSR count). The second-order valence-corrected chi connectivity index (χ2v) is 11.0. The fourth-order valence-electron chi connectivity index (χ4n) is 5.00. The Balaban J connectivity index is 1.56. The molecule has 0 saturated carbocycles. The maximum absolute atomic E-state index is 13.5. The lowest BCUT2D eigenvalue weighted by molar-refractivity contribution is -0.118. The van der Waals surface area contributed by atoms with Crippen molar-refractivity contribution < 1.29 is 14.3 Å². The minimum absolute atomic E-state index is 0.116. The second kappa shape index (κ2) is 9.65. The highest BCUT2D eigenvalue weighted by Crippen LogP contribution is 2.46. The van der Waals surface area contributed by atoms with E-state index in [1.807, 2.05) is 35.9 Å². The van der Waals surface area contributed by atoms with Crippen LogP contribution in [0.15, 0.2) is 58.9 Å². The van der Waals surface area contributed by atoms with Gasteiger partial charge in [-0.1, -0.05) is 55.9 Å². The summed E-state index contributed by atoms with van der Waals surface area (Å²) in [6, 6.07) is 13.8. The van der Waals surface area contributed by atoms with Gasteiger partial charge in [0.15, 0.2) is 17.3 Å². The monoisotopic (exact) mass is 504 g/mol. The van der Waals surface area contributed by atoms with Crippen LogP contribution in [0.4, 0.5) is 5.95 Å². The molecule has 3 aromatic rings. The molecule has 7 nitrogen and oxygen atoms in total. The lowest BCUT2D eigenvalue weighted by Gasteiger charge is -2.38. The number of benzene rings is 2. The number of carbonyl (C=O) groups is 1. The van der Waals surface area contributed by atoms with E-state index in [2.05, 4.69) is 44.3 Å². The summed E-state index contributed by atoms with van der Waals surface area (Å²) in [5.41, 5.74) is 4.99. The number of hydrogen-bond acceptors (Lipinski definition) is 7. The first-order valence-corrected chi connectivity index (χ1v) is 13.3. The number of ether oxygens (including phenoxy) is 2. The third-order valence-corrected chi connectivity index (χ3v) is 7.62. The summed E-state index contributed by atoms with van der Waals surface area (Å²) >= 11 is 1.60. The lowest BCUT2D eigenvalue weighted by Crippen LogP contribution is -2.36. The maximum atomic E-state index is 13.5. The molecular weight excluding hydrogens is 472 g/mol. The van der Waals surface area contributed by atoms with Crippen molar-refractivity contribution in [2.45, 2.75) is 57.5 Å². The Morgan fingerprint density at radius 3 is 2.72 bits per heavy atom. The van der Waals surface area contributed by atoms with Gasteiger partial charge in [-0.05, 0) is 54.5 Å². The molecule has 1 N–H and O–H groups in total. The molecule has 8 heteroatoms. The van der Waals surface area contributed by atoms with Crippen molar-refractivity contribution in [1.29, 1.82) is 0 Å². The van der Waals surface area contributed by atoms with Crippen LogP contribution in [0.2, 0.25) is 0 Å². The number of ketones is 1. The number of aromatic nitrogens is 3. The van der Waals surface area contributed by atoms with Gasteiger partial charge in [0.25, 0.3) is 0 Å². The minimum atomic E-state index is -0.385. The average Bonchev–Trinajstić information content (AvgIpc) is 3.24.